The number of carboxylic acid groups (broad SMARTS) is 1. The zero-order valence-corrected chi connectivity index (χ0v) is 10.4. The van der Waals surface area contributed by atoms with E-state index in [0.29, 0.717) is 11.5 Å². The quantitative estimate of drug-likeness (QED) is 0.694. The lowest BCUT2D eigenvalue weighted by molar-refractivity contribution is -0.141. The fourth-order valence-corrected chi connectivity index (χ4v) is 2.04. The van der Waals surface area contributed by atoms with Crippen LogP contribution in [0.25, 0.3) is 0 Å². The molecule has 1 aromatic heterocycles. The highest BCUT2D eigenvalue weighted by Gasteiger charge is 2.38. The van der Waals surface area contributed by atoms with E-state index in [0.717, 1.165) is 4.90 Å². The summed E-state index contributed by atoms with van der Waals surface area (Å²) in [4.78, 5) is 24.0. The van der Waals surface area contributed by atoms with E-state index in [4.69, 9.17) is 9.63 Å². The first-order valence-corrected chi connectivity index (χ1v) is 5.85. The predicted octanol–water partition coefficient (Wildman–Crippen LogP) is -0.288. The molecule has 2 heterocycles. The van der Waals surface area contributed by atoms with E-state index >= 15 is 0 Å². The van der Waals surface area contributed by atoms with Gasteiger partial charge >= 0.3 is 12.0 Å². The summed E-state index contributed by atoms with van der Waals surface area (Å²) in [6.07, 6.45) is -0.757. The number of urea groups is 1. The zero-order valence-electron chi connectivity index (χ0n) is 10.4. The summed E-state index contributed by atoms with van der Waals surface area (Å²) >= 11 is 0. The molecule has 2 amide bonds. The monoisotopic (exact) mass is 269 g/mol. The molecule has 0 saturated carbocycles. The molecule has 3 N–H and O–H groups in total. The number of carbonyl (C=O) groups excluding carboxylic acids is 1. The largest absolute Gasteiger partial charge is 0.480 e. The molecule has 0 radical (unpaired) electrons. The third kappa shape index (κ3) is 3.02. The number of nitrogens with zero attached hydrogens (tertiary/aromatic N) is 2. The van der Waals surface area contributed by atoms with E-state index < -0.39 is 24.1 Å². The summed E-state index contributed by atoms with van der Waals surface area (Å²) in [5, 5.41) is 24.7. The van der Waals surface area contributed by atoms with Gasteiger partial charge in [0, 0.05) is 19.0 Å². The third-order valence-electron chi connectivity index (χ3n) is 2.92. The smallest absolute Gasteiger partial charge is 0.326 e. The van der Waals surface area contributed by atoms with Crippen molar-refractivity contribution in [3.63, 3.8) is 0 Å². The van der Waals surface area contributed by atoms with Crippen molar-refractivity contribution in [2.24, 2.45) is 0 Å². The van der Waals surface area contributed by atoms with Crippen LogP contribution in [0, 0.1) is 6.92 Å². The Bertz CT molecular complexity index is 486. The van der Waals surface area contributed by atoms with Crippen molar-refractivity contribution < 1.29 is 24.3 Å². The Labute approximate surface area is 109 Å². The number of β-amino-alcohol motifs (C(OH)–C–C–N with tert-alkyl or cyclic N) is 1. The average molecular weight is 269 g/mol. The molecular formula is C11H15N3O5. The fraction of sp³-hybridized carbons (Fsp3) is 0.545. The van der Waals surface area contributed by atoms with Crippen molar-refractivity contribution in [3.05, 3.63) is 17.5 Å². The highest BCUT2D eigenvalue weighted by atomic mass is 16.5. The molecule has 1 aromatic rings. The second kappa shape index (κ2) is 5.27. The Balaban J connectivity index is 1.93. The summed E-state index contributed by atoms with van der Waals surface area (Å²) in [7, 11) is 0. The van der Waals surface area contributed by atoms with Crippen molar-refractivity contribution in [2.75, 3.05) is 6.54 Å². The molecule has 8 nitrogen and oxygen atoms in total. The number of amides is 2. The first-order chi connectivity index (χ1) is 8.97. The van der Waals surface area contributed by atoms with E-state index in [1.54, 1.807) is 13.0 Å². The van der Waals surface area contributed by atoms with Crippen LogP contribution in [-0.4, -0.2) is 51.0 Å². The number of rotatable bonds is 3. The Morgan fingerprint density at radius 2 is 2.37 bits per heavy atom. The number of carbonyl (C=O) groups is 2. The minimum atomic E-state index is -1.12. The minimum absolute atomic E-state index is 0.0145. The van der Waals surface area contributed by atoms with Gasteiger partial charge in [0.2, 0.25) is 0 Å². The molecular weight excluding hydrogens is 254 g/mol. The van der Waals surface area contributed by atoms with E-state index in [9.17, 15) is 14.7 Å². The first-order valence-electron chi connectivity index (χ1n) is 5.85. The van der Waals surface area contributed by atoms with E-state index in [1.807, 2.05) is 0 Å². The highest BCUT2D eigenvalue weighted by Crippen LogP contribution is 2.18. The van der Waals surface area contributed by atoms with Crippen LogP contribution in [0.5, 0.6) is 0 Å². The second-order valence-electron chi connectivity index (χ2n) is 4.48. The van der Waals surface area contributed by atoms with Crippen LogP contribution >= 0.6 is 0 Å². The number of aliphatic hydroxyl groups excluding tert-OH is 1. The maximum absolute atomic E-state index is 11.9. The number of aliphatic hydroxyl groups is 1. The summed E-state index contributed by atoms with van der Waals surface area (Å²) in [5.41, 5.74) is 0.553. The molecule has 0 spiro atoms. The lowest BCUT2D eigenvalue weighted by Crippen LogP contribution is -2.46. The van der Waals surface area contributed by atoms with Crippen LogP contribution < -0.4 is 5.32 Å². The van der Waals surface area contributed by atoms with Gasteiger partial charge in [0.25, 0.3) is 0 Å². The zero-order chi connectivity index (χ0) is 14.0. The summed E-state index contributed by atoms with van der Waals surface area (Å²) < 4.78 is 4.85. The first kappa shape index (κ1) is 13.3. The minimum Gasteiger partial charge on any atom is -0.480 e. The van der Waals surface area contributed by atoms with E-state index in [-0.39, 0.29) is 19.5 Å². The van der Waals surface area contributed by atoms with Crippen LogP contribution in [0.2, 0.25) is 0 Å². The maximum Gasteiger partial charge on any atom is 0.326 e. The van der Waals surface area contributed by atoms with Crippen LogP contribution in [0.4, 0.5) is 4.79 Å². The predicted molar refractivity (Wildman–Crippen MR) is 62.2 cm³/mol. The Hall–Kier alpha value is -2.09. The van der Waals surface area contributed by atoms with Gasteiger partial charge in [0.05, 0.1) is 12.6 Å². The van der Waals surface area contributed by atoms with Crippen LogP contribution in [0.1, 0.15) is 17.9 Å². The van der Waals surface area contributed by atoms with Crippen molar-refractivity contribution in [1.29, 1.82) is 0 Å². The third-order valence-corrected chi connectivity index (χ3v) is 2.92. The number of carboxylic acids is 1. The molecule has 1 aliphatic rings. The summed E-state index contributed by atoms with van der Waals surface area (Å²) in [5.74, 6) is -0.492. The van der Waals surface area contributed by atoms with E-state index in [2.05, 4.69) is 10.5 Å². The van der Waals surface area contributed by atoms with Gasteiger partial charge in [0.1, 0.15) is 17.5 Å². The molecule has 0 bridgehead atoms. The Kier molecular flexibility index (Phi) is 3.70. The SMILES string of the molecule is Cc1cc(CNC(=O)N2CC(O)CC2C(=O)O)no1. The molecule has 104 valence electrons. The van der Waals surface area contributed by atoms with Crippen molar-refractivity contribution >= 4 is 12.0 Å². The molecule has 1 fully saturated rings. The van der Waals surface area contributed by atoms with Gasteiger partial charge in [-0.15, -0.1) is 0 Å². The normalized spacial score (nSPS) is 22.5. The molecule has 19 heavy (non-hydrogen) atoms. The standard InChI is InChI=1S/C11H15N3O5/c1-6-2-7(13-19-6)4-12-11(18)14-5-8(15)3-9(14)10(16)17/h2,8-9,15H,3-5H2,1H3,(H,12,18)(H,16,17). The highest BCUT2D eigenvalue weighted by molar-refractivity contribution is 5.83. The number of nitrogens with one attached hydrogen (secondary N) is 1. The van der Waals surface area contributed by atoms with Crippen LogP contribution in [0.15, 0.2) is 10.6 Å². The van der Waals surface area contributed by atoms with Crippen molar-refractivity contribution in [3.8, 4) is 0 Å². The molecule has 1 saturated heterocycles. The fourth-order valence-electron chi connectivity index (χ4n) is 2.04. The Morgan fingerprint density at radius 1 is 1.63 bits per heavy atom. The number of aromatic nitrogens is 1. The second-order valence-corrected chi connectivity index (χ2v) is 4.48. The average Bonchev–Trinajstić information content (AvgIpc) is 2.92. The van der Waals surface area contributed by atoms with Crippen molar-refractivity contribution in [1.82, 2.24) is 15.4 Å². The van der Waals surface area contributed by atoms with Crippen LogP contribution in [-0.2, 0) is 11.3 Å². The molecule has 2 rings (SSSR count). The number of aliphatic carboxylic acids is 1. The summed E-state index contributed by atoms with van der Waals surface area (Å²) in [6, 6.07) is 0.145. The molecule has 0 aliphatic carbocycles. The number of hydrogen-bond acceptors (Lipinski definition) is 5. The molecule has 2 unspecified atom stereocenters. The molecule has 0 aromatic carbocycles. The number of aryl methyl sites for hydroxylation is 1. The van der Waals surface area contributed by atoms with Crippen LogP contribution in [0.3, 0.4) is 0 Å². The van der Waals surface area contributed by atoms with Crippen molar-refractivity contribution in [2.45, 2.75) is 32.0 Å². The van der Waals surface area contributed by atoms with Gasteiger partial charge in [-0.3, -0.25) is 0 Å². The van der Waals surface area contributed by atoms with Gasteiger partial charge in [-0.2, -0.15) is 0 Å². The van der Waals surface area contributed by atoms with Gasteiger partial charge in [-0.25, -0.2) is 9.59 Å². The summed E-state index contributed by atoms with van der Waals surface area (Å²) in [6.45, 7) is 1.89. The topological polar surface area (TPSA) is 116 Å². The molecule has 2 atom stereocenters. The van der Waals surface area contributed by atoms with Gasteiger partial charge in [-0.1, -0.05) is 5.16 Å². The Morgan fingerprint density at radius 3 is 2.95 bits per heavy atom. The van der Waals surface area contributed by atoms with Gasteiger partial charge in [-0.05, 0) is 6.92 Å². The van der Waals surface area contributed by atoms with Gasteiger partial charge in [0.15, 0.2) is 0 Å². The maximum atomic E-state index is 11.9. The lowest BCUT2D eigenvalue weighted by atomic mass is 10.2. The molecule has 1 aliphatic heterocycles. The van der Waals surface area contributed by atoms with E-state index in [1.165, 1.54) is 0 Å². The van der Waals surface area contributed by atoms with Gasteiger partial charge < -0.3 is 25.0 Å². The number of likely N-dealkylation sites (tertiary alicyclic amines) is 1. The number of hydrogen-bond donors (Lipinski definition) is 3. The lowest BCUT2D eigenvalue weighted by Gasteiger charge is -2.21. The molecule has 8 heteroatoms.